The zero-order valence-corrected chi connectivity index (χ0v) is 13.5. The van der Waals surface area contributed by atoms with Crippen molar-refractivity contribution in [3.63, 3.8) is 0 Å². The first-order chi connectivity index (χ1) is 9.88. The lowest BCUT2D eigenvalue weighted by molar-refractivity contribution is 0.0698. The van der Waals surface area contributed by atoms with Gasteiger partial charge >= 0.3 is 5.97 Å². The Labute approximate surface area is 139 Å². The third-order valence-corrected chi connectivity index (χ3v) is 3.87. The molecule has 0 bridgehead atoms. The molecule has 2 rings (SSSR count). The standard InChI is InChI=1S/C14H10ClIN2O3/c15-7-1-4-11(16)10(5-7)13(19)18-12-6-8(17)2-3-9(12)14(20)21/h1-6H,17H2,(H,18,19)(H,20,21). The highest BCUT2D eigenvalue weighted by molar-refractivity contribution is 14.1. The predicted molar refractivity (Wildman–Crippen MR) is 89.9 cm³/mol. The Balaban J connectivity index is 2.38. The number of carbonyl (C=O) groups is 2. The Bertz CT molecular complexity index is 734. The van der Waals surface area contributed by atoms with Gasteiger partial charge in [-0.2, -0.15) is 0 Å². The van der Waals surface area contributed by atoms with Crippen LogP contribution in [-0.2, 0) is 0 Å². The van der Waals surface area contributed by atoms with E-state index >= 15 is 0 Å². The molecular formula is C14H10ClIN2O3. The van der Waals surface area contributed by atoms with Crippen molar-refractivity contribution in [1.29, 1.82) is 0 Å². The number of nitrogen functional groups attached to an aromatic ring is 1. The monoisotopic (exact) mass is 416 g/mol. The lowest BCUT2D eigenvalue weighted by atomic mass is 10.1. The van der Waals surface area contributed by atoms with E-state index in [9.17, 15) is 9.59 Å². The van der Waals surface area contributed by atoms with E-state index in [-0.39, 0.29) is 11.3 Å². The van der Waals surface area contributed by atoms with Crippen LogP contribution in [0.2, 0.25) is 5.02 Å². The van der Waals surface area contributed by atoms with Gasteiger partial charge in [0.15, 0.2) is 0 Å². The summed E-state index contributed by atoms with van der Waals surface area (Å²) in [5, 5.41) is 12.1. The van der Waals surface area contributed by atoms with Crippen molar-refractivity contribution in [2.45, 2.75) is 0 Å². The van der Waals surface area contributed by atoms with Gasteiger partial charge in [0.1, 0.15) is 0 Å². The van der Waals surface area contributed by atoms with Crippen LogP contribution in [0.4, 0.5) is 11.4 Å². The third kappa shape index (κ3) is 3.64. The maximum absolute atomic E-state index is 12.3. The van der Waals surface area contributed by atoms with E-state index in [0.29, 0.717) is 19.8 Å². The molecule has 0 aliphatic heterocycles. The highest BCUT2D eigenvalue weighted by Crippen LogP contribution is 2.23. The molecule has 4 N–H and O–H groups in total. The van der Waals surface area contributed by atoms with Gasteiger partial charge in [-0.15, -0.1) is 0 Å². The number of amides is 1. The molecule has 0 saturated carbocycles. The molecule has 0 fully saturated rings. The molecule has 0 aliphatic rings. The molecule has 0 aromatic heterocycles. The van der Waals surface area contributed by atoms with E-state index in [1.54, 1.807) is 12.1 Å². The number of halogens is 2. The number of rotatable bonds is 3. The summed E-state index contributed by atoms with van der Waals surface area (Å²) >= 11 is 7.88. The van der Waals surface area contributed by atoms with Crippen LogP contribution in [0.1, 0.15) is 20.7 Å². The largest absolute Gasteiger partial charge is 0.478 e. The molecule has 0 heterocycles. The maximum Gasteiger partial charge on any atom is 0.337 e. The van der Waals surface area contributed by atoms with Crippen LogP contribution in [0.3, 0.4) is 0 Å². The number of hydrogen-bond acceptors (Lipinski definition) is 3. The van der Waals surface area contributed by atoms with E-state index in [0.717, 1.165) is 0 Å². The molecule has 2 aromatic carbocycles. The Morgan fingerprint density at radius 3 is 2.52 bits per heavy atom. The van der Waals surface area contributed by atoms with Crippen molar-refractivity contribution in [3.8, 4) is 0 Å². The second-order valence-electron chi connectivity index (χ2n) is 4.19. The van der Waals surface area contributed by atoms with Crippen molar-refractivity contribution in [1.82, 2.24) is 0 Å². The molecule has 0 spiro atoms. The highest BCUT2D eigenvalue weighted by Gasteiger charge is 2.16. The Morgan fingerprint density at radius 1 is 1.14 bits per heavy atom. The van der Waals surface area contributed by atoms with Gasteiger partial charge in [0.2, 0.25) is 0 Å². The fourth-order valence-electron chi connectivity index (χ4n) is 1.71. The number of aromatic carboxylic acids is 1. The summed E-state index contributed by atoms with van der Waals surface area (Å²) in [6.45, 7) is 0. The smallest absolute Gasteiger partial charge is 0.337 e. The number of carboxylic acid groups (broad SMARTS) is 1. The minimum atomic E-state index is -1.15. The van der Waals surface area contributed by atoms with Crippen LogP contribution >= 0.6 is 34.2 Å². The molecule has 21 heavy (non-hydrogen) atoms. The van der Waals surface area contributed by atoms with Crippen LogP contribution in [0.5, 0.6) is 0 Å². The van der Waals surface area contributed by atoms with Crippen molar-refractivity contribution in [2.24, 2.45) is 0 Å². The quantitative estimate of drug-likeness (QED) is 0.528. The van der Waals surface area contributed by atoms with Crippen molar-refractivity contribution >= 4 is 57.4 Å². The number of carboxylic acids is 1. The summed E-state index contributed by atoms with van der Waals surface area (Å²) in [6.07, 6.45) is 0. The predicted octanol–water partition coefficient (Wildman–Crippen LogP) is 3.48. The highest BCUT2D eigenvalue weighted by atomic mass is 127. The first-order valence-corrected chi connectivity index (χ1v) is 7.23. The number of nitrogens with two attached hydrogens (primary N) is 1. The fraction of sp³-hybridized carbons (Fsp3) is 0. The Morgan fingerprint density at radius 2 is 1.86 bits per heavy atom. The van der Waals surface area contributed by atoms with E-state index in [1.807, 2.05) is 22.6 Å². The van der Waals surface area contributed by atoms with E-state index in [4.69, 9.17) is 22.4 Å². The van der Waals surface area contributed by atoms with Crippen LogP contribution in [0.25, 0.3) is 0 Å². The lowest BCUT2D eigenvalue weighted by Gasteiger charge is -2.10. The number of hydrogen-bond donors (Lipinski definition) is 3. The van der Waals surface area contributed by atoms with Gasteiger partial charge in [-0.1, -0.05) is 11.6 Å². The van der Waals surface area contributed by atoms with E-state index < -0.39 is 11.9 Å². The van der Waals surface area contributed by atoms with Gasteiger partial charge in [-0.3, -0.25) is 4.79 Å². The second-order valence-corrected chi connectivity index (χ2v) is 5.79. The first-order valence-electron chi connectivity index (χ1n) is 5.77. The maximum atomic E-state index is 12.3. The van der Waals surface area contributed by atoms with Crippen molar-refractivity contribution < 1.29 is 14.7 Å². The van der Waals surface area contributed by atoms with Gasteiger partial charge in [0.25, 0.3) is 5.91 Å². The molecule has 0 unspecified atom stereocenters. The van der Waals surface area contributed by atoms with Gasteiger partial charge < -0.3 is 16.2 Å². The van der Waals surface area contributed by atoms with Crippen LogP contribution in [-0.4, -0.2) is 17.0 Å². The second kappa shape index (κ2) is 6.31. The lowest BCUT2D eigenvalue weighted by Crippen LogP contribution is -2.16. The molecule has 2 aromatic rings. The fourth-order valence-corrected chi connectivity index (χ4v) is 2.47. The van der Waals surface area contributed by atoms with Crippen LogP contribution in [0.15, 0.2) is 36.4 Å². The summed E-state index contributed by atoms with van der Waals surface area (Å²) < 4.78 is 0.704. The number of anilines is 2. The molecule has 0 aliphatic carbocycles. The molecule has 7 heteroatoms. The molecule has 5 nitrogen and oxygen atoms in total. The van der Waals surface area contributed by atoms with E-state index in [1.165, 1.54) is 24.3 Å². The summed E-state index contributed by atoms with van der Waals surface area (Å²) in [4.78, 5) is 23.4. The average Bonchev–Trinajstić information content (AvgIpc) is 2.41. The van der Waals surface area contributed by atoms with Crippen LogP contribution in [0, 0.1) is 3.57 Å². The van der Waals surface area contributed by atoms with Crippen molar-refractivity contribution in [2.75, 3.05) is 11.1 Å². The summed E-state index contributed by atoms with van der Waals surface area (Å²) in [7, 11) is 0. The molecule has 0 saturated heterocycles. The molecule has 0 radical (unpaired) electrons. The molecule has 1 amide bonds. The zero-order valence-electron chi connectivity index (χ0n) is 10.6. The zero-order chi connectivity index (χ0) is 15.6. The van der Waals surface area contributed by atoms with Gasteiger partial charge in [0, 0.05) is 14.3 Å². The summed E-state index contributed by atoms with van der Waals surface area (Å²) in [5.41, 5.74) is 6.46. The van der Waals surface area contributed by atoms with Crippen molar-refractivity contribution in [3.05, 3.63) is 56.1 Å². The van der Waals surface area contributed by atoms with E-state index in [2.05, 4.69) is 5.32 Å². The summed E-state index contributed by atoms with van der Waals surface area (Å²) in [6, 6.07) is 9.10. The minimum absolute atomic E-state index is 0.0328. The SMILES string of the molecule is Nc1ccc(C(=O)O)c(NC(=O)c2cc(Cl)ccc2I)c1. The Hall–Kier alpha value is -1.80. The van der Waals surface area contributed by atoms with Gasteiger partial charge in [-0.25, -0.2) is 4.79 Å². The average molecular weight is 417 g/mol. The Kier molecular flexibility index (Phi) is 4.69. The normalized spacial score (nSPS) is 10.2. The van der Waals surface area contributed by atoms with Gasteiger partial charge in [-0.05, 0) is 59.0 Å². The molecule has 0 atom stereocenters. The number of carbonyl (C=O) groups excluding carboxylic acids is 1. The topological polar surface area (TPSA) is 92.4 Å². The minimum Gasteiger partial charge on any atom is -0.478 e. The third-order valence-electron chi connectivity index (χ3n) is 2.70. The van der Waals surface area contributed by atoms with Crippen LogP contribution < -0.4 is 11.1 Å². The first kappa shape index (κ1) is 15.6. The van der Waals surface area contributed by atoms with Gasteiger partial charge in [0.05, 0.1) is 16.8 Å². The molecule has 108 valence electrons. The number of benzene rings is 2. The number of nitrogens with one attached hydrogen (secondary N) is 1. The summed E-state index contributed by atoms with van der Waals surface area (Å²) in [5.74, 6) is -1.60. The molecular weight excluding hydrogens is 407 g/mol.